The Bertz CT molecular complexity index is 351. The van der Waals surface area contributed by atoms with Crippen molar-refractivity contribution in [3.8, 4) is 5.75 Å². The molecular weight excluding hydrogens is 194 g/mol. The van der Waals surface area contributed by atoms with E-state index in [9.17, 15) is 9.90 Å². The molecule has 0 fully saturated rings. The van der Waals surface area contributed by atoms with Crippen molar-refractivity contribution in [3.05, 3.63) is 24.3 Å². The van der Waals surface area contributed by atoms with Gasteiger partial charge in [-0.05, 0) is 32.9 Å². The fourth-order valence-corrected chi connectivity index (χ4v) is 1.38. The average Bonchev–Trinajstić information content (AvgIpc) is 2.05. The lowest BCUT2D eigenvalue weighted by molar-refractivity contribution is -0.268. The van der Waals surface area contributed by atoms with Gasteiger partial charge in [0.1, 0.15) is 0 Å². The molecular formula is C11H14NO3-. The van der Waals surface area contributed by atoms with Crippen LogP contribution < -0.4 is 10.0 Å². The summed E-state index contributed by atoms with van der Waals surface area (Å²) < 4.78 is 0. The minimum absolute atomic E-state index is 0.127. The standard InChI is InChI=1S/C11H15NO3/c1-11(2,3)12(10(14)15)8-4-6-9(13)7-5-8/h4-7,13H,1-3H3,(H,14,15)/p-1. The molecule has 0 aliphatic heterocycles. The molecule has 0 saturated carbocycles. The third-order valence-electron chi connectivity index (χ3n) is 1.96. The molecule has 0 heterocycles. The van der Waals surface area contributed by atoms with Crippen molar-refractivity contribution in [2.45, 2.75) is 26.3 Å². The largest absolute Gasteiger partial charge is 0.872 e. The first-order chi connectivity index (χ1) is 6.82. The normalized spacial score (nSPS) is 11.1. The van der Waals surface area contributed by atoms with Crippen molar-refractivity contribution in [2.75, 3.05) is 4.90 Å². The Hall–Kier alpha value is -1.71. The van der Waals surface area contributed by atoms with Crippen LogP contribution in [0.15, 0.2) is 24.3 Å². The van der Waals surface area contributed by atoms with Crippen molar-refractivity contribution in [1.29, 1.82) is 0 Å². The van der Waals surface area contributed by atoms with E-state index in [0.29, 0.717) is 5.69 Å². The molecule has 0 aromatic heterocycles. The van der Waals surface area contributed by atoms with E-state index < -0.39 is 11.6 Å². The number of benzene rings is 1. The number of hydrogen-bond donors (Lipinski definition) is 1. The van der Waals surface area contributed by atoms with Gasteiger partial charge in [-0.3, -0.25) is 4.90 Å². The Balaban J connectivity index is 3.11. The molecule has 0 aliphatic rings. The van der Waals surface area contributed by atoms with Gasteiger partial charge in [-0.1, -0.05) is 12.1 Å². The SMILES string of the molecule is CC(C)(C)N(C(=O)O)c1ccc([O-])cc1. The van der Waals surface area contributed by atoms with E-state index in [4.69, 9.17) is 5.11 Å². The molecule has 0 spiro atoms. The lowest BCUT2D eigenvalue weighted by Gasteiger charge is -2.33. The van der Waals surface area contributed by atoms with E-state index in [1.165, 1.54) is 29.2 Å². The van der Waals surface area contributed by atoms with Gasteiger partial charge in [-0.15, -0.1) is 5.75 Å². The van der Waals surface area contributed by atoms with Crippen molar-refractivity contribution in [2.24, 2.45) is 0 Å². The summed E-state index contributed by atoms with van der Waals surface area (Å²) in [6.45, 7) is 5.39. The Morgan fingerprint density at radius 2 is 1.73 bits per heavy atom. The Morgan fingerprint density at radius 3 is 2.07 bits per heavy atom. The smallest absolute Gasteiger partial charge is 0.412 e. The highest BCUT2D eigenvalue weighted by molar-refractivity contribution is 5.87. The highest BCUT2D eigenvalue weighted by Crippen LogP contribution is 2.24. The first kappa shape index (κ1) is 11.4. The molecule has 1 aromatic carbocycles. The van der Waals surface area contributed by atoms with Crippen LogP contribution in [0.1, 0.15) is 20.8 Å². The van der Waals surface area contributed by atoms with Crippen molar-refractivity contribution < 1.29 is 15.0 Å². The summed E-state index contributed by atoms with van der Waals surface area (Å²) in [5.41, 5.74) is -0.0226. The zero-order chi connectivity index (χ0) is 11.6. The lowest BCUT2D eigenvalue weighted by Crippen LogP contribution is -2.45. The zero-order valence-corrected chi connectivity index (χ0v) is 9.02. The van der Waals surface area contributed by atoms with Crippen LogP contribution in [0.4, 0.5) is 10.5 Å². The Labute approximate surface area is 88.8 Å². The number of carboxylic acid groups (broad SMARTS) is 1. The monoisotopic (exact) mass is 208 g/mol. The molecule has 0 atom stereocenters. The van der Waals surface area contributed by atoms with Crippen LogP contribution in [0.3, 0.4) is 0 Å². The second-order valence-electron chi connectivity index (χ2n) is 4.28. The number of nitrogens with zero attached hydrogens (tertiary/aromatic N) is 1. The van der Waals surface area contributed by atoms with Crippen LogP contribution in [-0.2, 0) is 0 Å². The predicted octanol–water partition coefficient (Wildman–Crippen LogP) is 2.04. The molecule has 1 N–H and O–H groups in total. The molecule has 82 valence electrons. The van der Waals surface area contributed by atoms with E-state index in [-0.39, 0.29) is 5.75 Å². The molecule has 15 heavy (non-hydrogen) atoms. The highest BCUT2D eigenvalue weighted by atomic mass is 16.4. The van der Waals surface area contributed by atoms with Crippen molar-refractivity contribution in [3.63, 3.8) is 0 Å². The summed E-state index contributed by atoms with van der Waals surface area (Å²) in [4.78, 5) is 12.3. The number of anilines is 1. The average molecular weight is 208 g/mol. The van der Waals surface area contributed by atoms with Crippen LogP contribution >= 0.6 is 0 Å². The number of amides is 1. The van der Waals surface area contributed by atoms with Crippen LogP contribution in [0, 0.1) is 0 Å². The van der Waals surface area contributed by atoms with E-state index in [1.54, 1.807) is 20.8 Å². The van der Waals surface area contributed by atoms with Crippen LogP contribution in [-0.4, -0.2) is 16.7 Å². The van der Waals surface area contributed by atoms with Crippen LogP contribution in [0.2, 0.25) is 0 Å². The Morgan fingerprint density at radius 1 is 1.27 bits per heavy atom. The molecule has 1 amide bonds. The van der Waals surface area contributed by atoms with Crippen molar-refractivity contribution >= 4 is 11.8 Å². The molecule has 0 unspecified atom stereocenters. The minimum Gasteiger partial charge on any atom is -0.872 e. The van der Waals surface area contributed by atoms with Gasteiger partial charge in [-0.2, -0.15) is 0 Å². The lowest BCUT2D eigenvalue weighted by atomic mass is 10.1. The summed E-state index contributed by atoms with van der Waals surface area (Å²) in [7, 11) is 0. The number of carbonyl (C=O) groups is 1. The van der Waals surface area contributed by atoms with Gasteiger partial charge in [-0.25, -0.2) is 4.79 Å². The van der Waals surface area contributed by atoms with E-state index >= 15 is 0 Å². The first-order valence-electron chi connectivity index (χ1n) is 4.62. The fourth-order valence-electron chi connectivity index (χ4n) is 1.38. The second-order valence-corrected chi connectivity index (χ2v) is 4.28. The molecule has 4 heteroatoms. The topological polar surface area (TPSA) is 63.6 Å². The van der Waals surface area contributed by atoms with Gasteiger partial charge < -0.3 is 10.2 Å². The van der Waals surface area contributed by atoms with Gasteiger partial charge in [0, 0.05) is 11.2 Å². The maximum absolute atomic E-state index is 11.1. The van der Waals surface area contributed by atoms with Gasteiger partial charge in [0.2, 0.25) is 0 Å². The maximum atomic E-state index is 11.1. The number of rotatable bonds is 1. The second kappa shape index (κ2) is 3.81. The first-order valence-corrected chi connectivity index (χ1v) is 4.62. The molecule has 1 aromatic rings. The minimum atomic E-state index is -1.03. The zero-order valence-electron chi connectivity index (χ0n) is 9.02. The van der Waals surface area contributed by atoms with E-state index in [2.05, 4.69) is 0 Å². The summed E-state index contributed by atoms with van der Waals surface area (Å²) in [6.07, 6.45) is -1.03. The van der Waals surface area contributed by atoms with Crippen LogP contribution in [0.25, 0.3) is 0 Å². The van der Waals surface area contributed by atoms with Gasteiger partial charge >= 0.3 is 6.09 Å². The molecule has 0 saturated heterocycles. The fraction of sp³-hybridized carbons (Fsp3) is 0.364. The van der Waals surface area contributed by atoms with Gasteiger partial charge in [0.25, 0.3) is 0 Å². The molecule has 0 aliphatic carbocycles. The third-order valence-corrected chi connectivity index (χ3v) is 1.96. The molecule has 4 nitrogen and oxygen atoms in total. The van der Waals surface area contributed by atoms with Crippen molar-refractivity contribution in [1.82, 2.24) is 0 Å². The summed E-state index contributed by atoms with van der Waals surface area (Å²) in [6, 6.07) is 5.75. The van der Waals surface area contributed by atoms with Gasteiger partial charge in [0.15, 0.2) is 0 Å². The highest BCUT2D eigenvalue weighted by Gasteiger charge is 2.27. The summed E-state index contributed by atoms with van der Waals surface area (Å²) >= 11 is 0. The third kappa shape index (κ3) is 2.62. The maximum Gasteiger partial charge on any atom is 0.412 e. The Kier molecular flexibility index (Phi) is 2.88. The van der Waals surface area contributed by atoms with E-state index in [0.717, 1.165) is 0 Å². The number of hydrogen-bond acceptors (Lipinski definition) is 2. The van der Waals surface area contributed by atoms with Crippen LogP contribution in [0.5, 0.6) is 5.75 Å². The van der Waals surface area contributed by atoms with Gasteiger partial charge in [0.05, 0.1) is 0 Å². The molecule has 0 bridgehead atoms. The predicted molar refractivity (Wildman–Crippen MR) is 56.1 cm³/mol. The molecule has 0 radical (unpaired) electrons. The summed E-state index contributed by atoms with van der Waals surface area (Å²) in [5.74, 6) is -0.127. The quantitative estimate of drug-likeness (QED) is 0.768. The van der Waals surface area contributed by atoms with E-state index in [1.807, 2.05) is 0 Å². The molecule has 1 rings (SSSR count). The summed E-state index contributed by atoms with van der Waals surface area (Å²) in [5, 5.41) is 20.0.